The van der Waals surface area contributed by atoms with Gasteiger partial charge < -0.3 is 23.9 Å². The van der Waals surface area contributed by atoms with Crippen LogP contribution in [-0.2, 0) is 29.0 Å². The number of benzene rings is 2. The van der Waals surface area contributed by atoms with E-state index in [1.165, 1.54) is 35.6 Å². The highest BCUT2D eigenvalue weighted by Crippen LogP contribution is 2.42. The van der Waals surface area contributed by atoms with Crippen molar-refractivity contribution in [3.8, 4) is 11.3 Å². The fourth-order valence-corrected chi connectivity index (χ4v) is 5.67. The third-order valence-electron chi connectivity index (χ3n) is 6.78. The number of anilines is 1. The SMILES string of the molecule is CNC(=O)c1c(-c2ccc(F)cc2)oc2cc3c(cc12)[C@H](C)O[C@H](COC(=O)CN(C)CCOC)CN3S(C)(=O)=O. The number of esters is 1. The van der Waals surface area contributed by atoms with Gasteiger partial charge in [0.25, 0.3) is 5.91 Å². The topological polar surface area (TPSA) is 128 Å². The molecule has 0 saturated heterocycles. The van der Waals surface area contributed by atoms with Crippen LogP contribution in [-0.4, -0.2) is 91.6 Å². The highest BCUT2D eigenvalue weighted by molar-refractivity contribution is 7.92. The summed E-state index contributed by atoms with van der Waals surface area (Å²) in [5.74, 6) is -1.12. The third kappa shape index (κ3) is 6.87. The van der Waals surface area contributed by atoms with Crippen molar-refractivity contribution in [3.05, 3.63) is 53.3 Å². The van der Waals surface area contributed by atoms with Gasteiger partial charge in [-0.15, -0.1) is 0 Å². The number of halogens is 1. The number of amides is 1. The molecule has 2 heterocycles. The summed E-state index contributed by atoms with van der Waals surface area (Å²) >= 11 is 0. The minimum atomic E-state index is -3.81. The Morgan fingerprint density at radius 3 is 2.56 bits per heavy atom. The number of hydrogen-bond acceptors (Lipinski definition) is 9. The van der Waals surface area contributed by atoms with Crippen LogP contribution in [0.25, 0.3) is 22.3 Å². The van der Waals surface area contributed by atoms with Crippen LogP contribution in [0.15, 0.2) is 40.8 Å². The van der Waals surface area contributed by atoms with E-state index >= 15 is 0 Å². The number of sulfonamides is 1. The van der Waals surface area contributed by atoms with E-state index in [9.17, 15) is 22.4 Å². The molecule has 0 unspecified atom stereocenters. The van der Waals surface area contributed by atoms with Crippen LogP contribution in [0.3, 0.4) is 0 Å². The summed E-state index contributed by atoms with van der Waals surface area (Å²) in [5, 5.41) is 3.05. The summed E-state index contributed by atoms with van der Waals surface area (Å²) in [6.45, 7) is 2.53. The minimum Gasteiger partial charge on any atom is -0.462 e. The average molecular weight is 592 g/mol. The lowest BCUT2D eigenvalue weighted by molar-refractivity contribution is -0.150. The molecule has 1 aliphatic heterocycles. The molecule has 0 bridgehead atoms. The second-order valence-corrected chi connectivity index (χ2v) is 11.8. The molecule has 2 aromatic carbocycles. The van der Waals surface area contributed by atoms with E-state index in [2.05, 4.69) is 5.32 Å². The van der Waals surface area contributed by atoms with Crippen LogP contribution in [0.5, 0.6) is 0 Å². The van der Waals surface area contributed by atoms with E-state index in [0.717, 1.165) is 6.26 Å². The van der Waals surface area contributed by atoms with Gasteiger partial charge in [-0.1, -0.05) is 0 Å². The van der Waals surface area contributed by atoms with E-state index in [-0.39, 0.29) is 36.6 Å². The van der Waals surface area contributed by atoms with Gasteiger partial charge in [0.2, 0.25) is 10.0 Å². The van der Waals surface area contributed by atoms with Crippen molar-refractivity contribution in [2.24, 2.45) is 0 Å². The van der Waals surface area contributed by atoms with Gasteiger partial charge in [-0.25, -0.2) is 12.8 Å². The molecule has 2 atom stereocenters. The highest BCUT2D eigenvalue weighted by atomic mass is 32.2. The monoisotopic (exact) mass is 591 g/mol. The van der Waals surface area contributed by atoms with Crippen molar-refractivity contribution in [3.63, 3.8) is 0 Å². The zero-order chi connectivity index (χ0) is 29.9. The van der Waals surface area contributed by atoms with Crippen LogP contribution in [0.4, 0.5) is 10.1 Å². The number of methoxy groups -OCH3 is 1. The molecule has 0 fully saturated rings. The van der Waals surface area contributed by atoms with Crippen LogP contribution in [0.1, 0.15) is 28.9 Å². The number of nitrogens with one attached hydrogen (secondary N) is 1. The smallest absolute Gasteiger partial charge is 0.320 e. The second-order valence-electron chi connectivity index (χ2n) is 9.91. The third-order valence-corrected chi connectivity index (χ3v) is 7.92. The molecule has 222 valence electrons. The Balaban J connectivity index is 1.70. The van der Waals surface area contributed by atoms with Crippen molar-refractivity contribution >= 4 is 38.6 Å². The predicted octanol–water partition coefficient (Wildman–Crippen LogP) is 2.95. The molecule has 41 heavy (non-hydrogen) atoms. The first-order valence-corrected chi connectivity index (χ1v) is 14.8. The fraction of sp³-hybridized carbons (Fsp3) is 0.429. The molecule has 0 aliphatic carbocycles. The van der Waals surface area contributed by atoms with Gasteiger partial charge in [-0.3, -0.25) is 18.8 Å². The van der Waals surface area contributed by atoms with Gasteiger partial charge in [-0.05, 0) is 44.3 Å². The van der Waals surface area contributed by atoms with Gasteiger partial charge in [0.05, 0.1) is 43.3 Å². The maximum Gasteiger partial charge on any atom is 0.320 e. The standard InChI is InChI=1S/C28H34FN3O8S/c1-17-21-12-22-24(40-27(26(22)28(34)30-2)18-6-8-19(29)9-7-18)13-23(21)32(41(5,35)36)14-20(39-17)16-38-25(33)15-31(3)10-11-37-4/h6-9,12-13,17,20H,10-11,14-16H2,1-5H3,(H,30,34)/t17-,20-/m0/s1. The number of fused-ring (bicyclic) bond motifs is 2. The Morgan fingerprint density at radius 2 is 1.93 bits per heavy atom. The number of likely N-dealkylation sites (N-methyl/N-ethyl adjacent to an activating group) is 1. The average Bonchev–Trinajstić information content (AvgIpc) is 3.23. The van der Waals surface area contributed by atoms with E-state index < -0.39 is 39.9 Å². The fourth-order valence-electron chi connectivity index (χ4n) is 4.72. The van der Waals surface area contributed by atoms with Crippen LogP contribution < -0.4 is 9.62 Å². The lowest BCUT2D eigenvalue weighted by Gasteiger charge is -2.25. The molecule has 1 aromatic heterocycles. The molecule has 1 N–H and O–H groups in total. The van der Waals surface area contributed by atoms with E-state index in [1.807, 2.05) is 0 Å². The first kappa shape index (κ1) is 30.4. The molecule has 4 rings (SSSR count). The summed E-state index contributed by atoms with van der Waals surface area (Å²) < 4.78 is 63.4. The van der Waals surface area contributed by atoms with E-state index in [1.54, 1.807) is 38.1 Å². The van der Waals surface area contributed by atoms with Gasteiger partial charge in [0.15, 0.2) is 0 Å². The maximum atomic E-state index is 13.6. The predicted molar refractivity (Wildman–Crippen MR) is 151 cm³/mol. The van der Waals surface area contributed by atoms with Crippen molar-refractivity contribution in [1.82, 2.24) is 10.2 Å². The zero-order valence-electron chi connectivity index (χ0n) is 23.6. The zero-order valence-corrected chi connectivity index (χ0v) is 24.4. The van der Waals surface area contributed by atoms with Crippen LogP contribution in [0.2, 0.25) is 0 Å². The molecular weight excluding hydrogens is 557 g/mol. The molecular formula is C28H34FN3O8S. The largest absolute Gasteiger partial charge is 0.462 e. The summed E-state index contributed by atoms with van der Waals surface area (Å²) in [6, 6.07) is 8.76. The molecule has 0 spiro atoms. The molecule has 0 radical (unpaired) electrons. The Morgan fingerprint density at radius 1 is 1.22 bits per heavy atom. The maximum absolute atomic E-state index is 13.6. The van der Waals surface area contributed by atoms with E-state index in [4.69, 9.17) is 18.6 Å². The first-order valence-electron chi connectivity index (χ1n) is 13.0. The summed E-state index contributed by atoms with van der Waals surface area (Å²) in [5.41, 5.74) is 1.81. The number of hydrogen-bond donors (Lipinski definition) is 1. The second kappa shape index (κ2) is 12.6. The Kier molecular flexibility index (Phi) is 9.32. The van der Waals surface area contributed by atoms with E-state index in [0.29, 0.717) is 35.4 Å². The Bertz CT molecular complexity index is 1520. The van der Waals surface area contributed by atoms with Gasteiger partial charge >= 0.3 is 5.97 Å². The first-order chi connectivity index (χ1) is 19.4. The number of rotatable bonds is 10. The lowest BCUT2D eigenvalue weighted by atomic mass is 10.0. The summed E-state index contributed by atoms with van der Waals surface area (Å²) in [7, 11) is 1.01. The van der Waals surface area contributed by atoms with Crippen molar-refractivity contribution in [2.45, 2.75) is 19.1 Å². The highest BCUT2D eigenvalue weighted by Gasteiger charge is 2.34. The van der Waals surface area contributed by atoms with Gasteiger partial charge in [-0.2, -0.15) is 0 Å². The number of furan rings is 1. The molecule has 3 aromatic rings. The lowest BCUT2D eigenvalue weighted by Crippen LogP contribution is -2.39. The molecule has 0 saturated carbocycles. The van der Waals surface area contributed by atoms with Gasteiger partial charge in [0.1, 0.15) is 29.9 Å². The number of carbonyl (C=O) groups excluding carboxylic acids is 2. The quantitative estimate of drug-likeness (QED) is 0.354. The van der Waals surface area contributed by atoms with Crippen molar-refractivity contribution < 1.29 is 41.0 Å². The number of carbonyl (C=O) groups is 2. The number of nitrogens with zero attached hydrogens (tertiary/aromatic N) is 2. The Labute approximate surface area is 238 Å². The van der Waals surface area contributed by atoms with Gasteiger partial charge in [0, 0.05) is 43.3 Å². The molecule has 11 nitrogen and oxygen atoms in total. The minimum absolute atomic E-state index is 0.0384. The molecule has 1 aliphatic rings. The van der Waals surface area contributed by atoms with Crippen molar-refractivity contribution in [2.75, 3.05) is 64.6 Å². The van der Waals surface area contributed by atoms with Crippen LogP contribution in [0, 0.1) is 5.82 Å². The number of ether oxygens (including phenoxy) is 3. The van der Waals surface area contributed by atoms with Crippen molar-refractivity contribution in [1.29, 1.82) is 0 Å². The Hall–Kier alpha value is -3.52. The summed E-state index contributed by atoms with van der Waals surface area (Å²) in [4.78, 5) is 27.1. The van der Waals surface area contributed by atoms with Crippen LogP contribution >= 0.6 is 0 Å². The molecule has 13 heteroatoms. The normalized spacial score (nSPS) is 17.4. The summed E-state index contributed by atoms with van der Waals surface area (Å²) in [6.07, 6.45) is -0.317. The molecule has 1 amide bonds.